The first-order valence-electron chi connectivity index (χ1n) is 12.3. The lowest BCUT2D eigenvalue weighted by Gasteiger charge is -2.41. The second-order valence-corrected chi connectivity index (χ2v) is 10.7. The van der Waals surface area contributed by atoms with Crippen molar-refractivity contribution in [2.45, 2.75) is 52.0 Å². The highest BCUT2D eigenvalue weighted by Gasteiger charge is 2.39. The van der Waals surface area contributed by atoms with Gasteiger partial charge in [0.2, 0.25) is 0 Å². The van der Waals surface area contributed by atoms with Gasteiger partial charge in [-0.15, -0.1) is 0 Å². The van der Waals surface area contributed by atoms with E-state index >= 15 is 0 Å². The van der Waals surface area contributed by atoms with Crippen LogP contribution < -0.4 is 4.74 Å². The fourth-order valence-corrected chi connectivity index (χ4v) is 6.14. The number of ether oxygens (including phenoxy) is 1. The molecule has 2 aromatic carbocycles. The van der Waals surface area contributed by atoms with Gasteiger partial charge in [-0.2, -0.15) is 0 Å². The lowest BCUT2D eigenvalue weighted by atomic mass is 9.72. The fraction of sp³-hybridized carbons (Fsp3) is 0.414. The number of H-pyrrole nitrogens is 1. The molecule has 0 spiro atoms. The summed E-state index contributed by atoms with van der Waals surface area (Å²) in [6.45, 7) is 7.25. The van der Waals surface area contributed by atoms with Crippen molar-refractivity contribution >= 4 is 21.8 Å². The van der Waals surface area contributed by atoms with E-state index in [1.54, 1.807) is 7.11 Å². The van der Waals surface area contributed by atoms with E-state index in [4.69, 9.17) is 9.72 Å². The van der Waals surface area contributed by atoms with Crippen molar-refractivity contribution in [3.8, 4) is 5.75 Å². The Morgan fingerprint density at radius 3 is 2.58 bits per heavy atom. The van der Waals surface area contributed by atoms with Crippen LogP contribution in [0.15, 0.2) is 48.5 Å². The molecule has 1 fully saturated rings. The number of fused-ring (bicyclic) bond motifs is 5. The smallest absolute Gasteiger partial charge is 0.118 e. The van der Waals surface area contributed by atoms with Gasteiger partial charge in [0.1, 0.15) is 5.75 Å². The molecule has 1 saturated heterocycles. The standard InChI is InChI=1S/C29H33N3O/c1-29(2)17-24-27(25(18-29)32-14-6-7-15-32)26-21-8-4-5-9-22(21)31-28(26)23(30-24)16-19-10-12-20(33-3)13-11-19/h4-5,8-13,25,31H,6-7,14-18H2,1-3H3. The predicted molar refractivity (Wildman–Crippen MR) is 135 cm³/mol. The number of hydrogen-bond acceptors (Lipinski definition) is 3. The van der Waals surface area contributed by atoms with Crippen molar-refractivity contribution < 1.29 is 4.74 Å². The molecule has 1 aliphatic carbocycles. The number of methoxy groups -OCH3 is 1. The maximum absolute atomic E-state index is 5.40. The molecule has 0 saturated carbocycles. The van der Waals surface area contributed by atoms with Crippen molar-refractivity contribution in [2.75, 3.05) is 20.2 Å². The third-order valence-electron chi connectivity index (χ3n) is 7.68. The summed E-state index contributed by atoms with van der Waals surface area (Å²) in [5, 5.41) is 2.75. The second kappa shape index (κ2) is 7.88. The molecule has 0 radical (unpaired) electrons. The van der Waals surface area contributed by atoms with Gasteiger partial charge in [0, 0.05) is 40.0 Å². The van der Waals surface area contributed by atoms with Gasteiger partial charge in [-0.3, -0.25) is 9.88 Å². The number of hydrogen-bond donors (Lipinski definition) is 1. The Balaban J connectivity index is 1.57. The Labute approximate surface area is 196 Å². The summed E-state index contributed by atoms with van der Waals surface area (Å²) in [6.07, 6.45) is 5.68. The molecule has 1 atom stereocenters. The third-order valence-corrected chi connectivity index (χ3v) is 7.68. The Morgan fingerprint density at radius 2 is 1.82 bits per heavy atom. The molecule has 1 aliphatic heterocycles. The van der Waals surface area contributed by atoms with Crippen LogP contribution in [0.5, 0.6) is 5.75 Å². The quantitative estimate of drug-likeness (QED) is 0.399. The van der Waals surface area contributed by atoms with Gasteiger partial charge < -0.3 is 9.72 Å². The minimum atomic E-state index is 0.254. The number of nitrogens with zero attached hydrogens (tertiary/aromatic N) is 2. The number of likely N-dealkylation sites (tertiary alicyclic amines) is 1. The Bertz CT molecular complexity index is 1310. The van der Waals surface area contributed by atoms with Crippen LogP contribution in [0.1, 0.15) is 61.7 Å². The zero-order chi connectivity index (χ0) is 22.6. The molecule has 3 heterocycles. The van der Waals surface area contributed by atoms with Crippen molar-refractivity contribution in [3.63, 3.8) is 0 Å². The zero-order valence-corrected chi connectivity index (χ0v) is 19.9. The normalized spacial score (nSPS) is 20.4. The summed E-state index contributed by atoms with van der Waals surface area (Å²) in [5.74, 6) is 0.892. The number of pyridine rings is 1. The molecule has 1 N–H and O–H groups in total. The molecule has 170 valence electrons. The molecule has 6 rings (SSSR count). The largest absolute Gasteiger partial charge is 0.497 e. The summed E-state index contributed by atoms with van der Waals surface area (Å²) < 4.78 is 5.36. The van der Waals surface area contributed by atoms with Gasteiger partial charge in [-0.25, -0.2) is 0 Å². The van der Waals surface area contributed by atoms with E-state index < -0.39 is 0 Å². The van der Waals surface area contributed by atoms with Gasteiger partial charge in [-0.1, -0.05) is 44.2 Å². The van der Waals surface area contributed by atoms with Crippen LogP contribution in [0.4, 0.5) is 0 Å². The predicted octanol–water partition coefficient (Wildman–Crippen LogP) is 6.42. The number of aromatic amines is 1. The molecule has 4 aromatic rings. The highest BCUT2D eigenvalue weighted by molar-refractivity contribution is 6.10. The number of rotatable bonds is 4. The van der Waals surface area contributed by atoms with Gasteiger partial charge in [0.05, 0.1) is 18.3 Å². The van der Waals surface area contributed by atoms with Crippen LogP contribution in [0.2, 0.25) is 0 Å². The van der Waals surface area contributed by atoms with Gasteiger partial charge >= 0.3 is 0 Å². The summed E-state index contributed by atoms with van der Waals surface area (Å²) in [6, 6.07) is 17.6. The van der Waals surface area contributed by atoms with E-state index in [0.717, 1.165) is 24.3 Å². The number of benzene rings is 2. The van der Waals surface area contributed by atoms with E-state index in [1.165, 1.54) is 71.0 Å². The maximum atomic E-state index is 5.40. The molecule has 0 bridgehead atoms. The number of aromatic nitrogens is 2. The molecule has 1 unspecified atom stereocenters. The highest BCUT2D eigenvalue weighted by Crippen LogP contribution is 2.48. The molecule has 4 nitrogen and oxygen atoms in total. The third kappa shape index (κ3) is 3.61. The first-order chi connectivity index (χ1) is 16.0. The van der Waals surface area contributed by atoms with Crippen LogP contribution in [-0.4, -0.2) is 35.1 Å². The van der Waals surface area contributed by atoms with Crippen LogP contribution in [-0.2, 0) is 12.8 Å². The first-order valence-corrected chi connectivity index (χ1v) is 12.3. The Hall–Kier alpha value is -2.85. The number of nitrogens with one attached hydrogen (secondary N) is 1. The van der Waals surface area contributed by atoms with Gasteiger partial charge in [0.25, 0.3) is 0 Å². The SMILES string of the molecule is COc1ccc(Cc2nc3c(c4c2[nH]c2ccccc24)C(N2CCCC2)CC(C)(C)C3)cc1. The molecule has 0 amide bonds. The zero-order valence-electron chi connectivity index (χ0n) is 19.9. The van der Waals surface area contributed by atoms with Crippen molar-refractivity contribution in [1.29, 1.82) is 0 Å². The molecule has 2 aliphatic rings. The van der Waals surface area contributed by atoms with Crippen molar-refractivity contribution in [1.82, 2.24) is 14.9 Å². The highest BCUT2D eigenvalue weighted by atomic mass is 16.5. The van der Waals surface area contributed by atoms with Crippen LogP contribution in [0.25, 0.3) is 21.8 Å². The van der Waals surface area contributed by atoms with Crippen LogP contribution in [0.3, 0.4) is 0 Å². The van der Waals surface area contributed by atoms with E-state index in [2.05, 4.69) is 60.1 Å². The van der Waals surface area contributed by atoms with Crippen molar-refractivity contribution in [3.05, 3.63) is 71.0 Å². The summed E-state index contributed by atoms with van der Waals surface area (Å²) >= 11 is 0. The van der Waals surface area contributed by atoms with E-state index in [9.17, 15) is 0 Å². The molecular formula is C29H33N3O. The second-order valence-electron chi connectivity index (χ2n) is 10.7. The fourth-order valence-electron chi connectivity index (χ4n) is 6.14. The molecule has 4 heteroatoms. The van der Waals surface area contributed by atoms with Crippen LogP contribution in [0, 0.1) is 5.41 Å². The van der Waals surface area contributed by atoms with Crippen molar-refractivity contribution in [2.24, 2.45) is 5.41 Å². The Kier molecular flexibility index (Phi) is 4.95. The molecular weight excluding hydrogens is 406 g/mol. The summed E-state index contributed by atoms with van der Waals surface area (Å²) in [5.41, 5.74) is 7.89. The lowest BCUT2D eigenvalue weighted by molar-refractivity contribution is 0.152. The molecule has 33 heavy (non-hydrogen) atoms. The lowest BCUT2D eigenvalue weighted by Crippen LogP contribution is -2.36. The average molecular weight is 440 g/mol. The van der Waals surface area contributed by atoms with E-state index in [0.29, 0.717) is 6.04 Å². The van der Waals surface area contributed by atoms with Crippen LogP contribution >= 0.6 is 0 Å². The maximum Gasteiger partial charge on any atom is 0.118 e. The van der Waals surface area contributed by atoms with E-state index in [1.807, 2.05) is 12.1 Å². The minimum absolute atomic E-state index is 0.254. The Morgan fingerprint density at radius 1 is 1.06 bits per heavy atom. The van der Waals surface area contributed by atoms with E-state index in [-0.39, 0.29) is 5.41 Å². The molecule has 2 aromatic heterocycles. The first kappa shape index (κ1) is 20.7. The topological polar surface area (TPSA) is 41.1 Å². The average Bonchev–Trinajstić information content (AvgIpc) is 3.47. The summed E-state index contributed by atoms with van der Waals surface area (Å²) in [7, 11) is 1.71. The number of para-hydroxylation sites is 1. The van der Waals surface area contributed by atoms with Gasteiger partial charge in [-0.05, 0) is 68.0 Å². The van der Waals surface area contributed by atoms with Gasteiger partial charge in [0.15, 0.2) is 0 Å². The summed E-state index contributed by atoms with van der Waals surface area (Å²) in [4.78, 5) is 11.9. The minimum Gasteiger partial charge on any atom is -0.497 e. The monoisotopic (exact) mass is 439 g/mol.